The second kappa shape index (κ2) is 6.52. The van der Waals surface area contributed by atoms with E-state index < -0.39 is 5.41 Å². The molecule has 2 aliphatic carbocycles. The first-order valence-corrected chi connectivity index (χ1v) is 9.48. The Morgan fingerprint density at radius 2 is 1.96 bits per heavy atom. The summed E-state index contributed by atoms with van der Waals surface area (Å²) in [6.45, 7) is 8.25. The van der Waals surface area contributed by atoms with Crippen LogP contribution in [0.1, 0.15) is 69.8 Å². The molecule has 144 valence electrons. The van der Waals surface area contributed by atoms with Gasteiger partial charge in [-0.2, -0.15) is 0 Å². The fourth-order valence-electron chi connectivity index (χ4n) is 5.65. The Morgan fingerprint density at radius 1 is 1.27 bits per heavy atom. The smallest absolute Gasteiger partial charge is 0.336 e. The zero-order valence-electron chi connectivity index (χ0n) is 16.7. The van der Waals surface area contributed by atoms with Crippen molar-refractivity contribution in [3.8, 4) is 0 Å². The van der Waals surface area contributed by atoms with Gasteiger partial charge < -0.3 is 13.9 Å². The van der Waals surface area contributed by atoms with Gasteiger partial charge in [0.25, 0.3) is 0 Å². The first kappa shape index (κ1) is 19.2. The van der Waals surface area contributed by atoms with E-state index in [1.165, 1.54) is 7.11 Å². The van der Waals surface area contributed by atoms with E-state index in [4.69, 9.17) is 13.9 Å². The molecule has 3 rings (SSSR count). The minimum Gasteiger partial charge on any atom is -0.469 e. The van der Waals surface area contributed by atoms with Crippen LogP contribution >= 0.6 is 0 Å². The second-order valence-electron chi connectivity index (χ2n) is 8.52. The lowest BCUT2D eigenvalue weighted by molar-refractivity contribution is -0.178. The van der Waals surface area contributed by atoms with E-state index in [1.54, 1.807) is 13.2 Å². The maximum absolute atomic E-state index is 12.8. The SMILES string of the molecule is COC(=O)[C@@]1(C)[C@@H](OC)CC[C@]2(C)c3cc(=O)oc(C(C)C)c3CC[C@@H]12. The van der Waals surface area contributed by atoms with Crippen molar-refractivity contribution in [1.82, 2.24) is 0 Å². The van der Waals surface area contributed by atoms with E-state index in [0.29, 0.717) is 0 Å². The molecule has 0 bridgehead atoms. The minimum absolute atomic E-state index is 0.0514. The van der Waals surface area contributed by atoms with E-state index in [0.717, 1.165) is 42.6 Å². The van der Waals surface area contributed by atoms with Gasteiger partial charge >= 0.3 is 11.6 Å². The van der Waals surface area contributed by atoms with Crippen molar-refractivity contribution in [2.24, 2.45) is 11.3 Å². The van der Waals surface area contributed by atoms with Crippen molar-refractivity contribution in [3.63, 3.8) is 0 Å². The molecule has 1 aromatic heterocycles. The second-order valence-corrected chi connectivity index (χ2v) is 8.52. The molecule has 0 saturated heterocycles. The zero-order valence-corrected chi connectivity index (χ0v) is 16.7. The van der Waals surface area contributed by atoms with Crippen LogP contribution in [-0.2, 0) is 26.1 Å². The third-order valence-electron chi connectivity index (χ3n) is 6.92. The molecule has 0 aliphatic heterocycles. The highest BCUT2D eigenvalue weighted by Gasteiger charge is 2.60. The largest absolute Gasteiger partial charge is 0.469 e. The lowest BCUT2D eigenvalue weighted by Crippen LogP contribution is -2.59. The number of carbonyl (C=O) groups is 1. The van der Waals surface area contributed by atoms with Crippen LogP contribution < -0.4 is 5.63 Å². The maximum Gasteiger partial charge on any atom is 0.336 e. The van der Waals surface area contributed by atoms with Gasteiger partial charge in [-0.05, 0) is 55.1 Å². The number of hydrogen-bond acceptors (Lipinski definition) is 5. The average molecular weight is 362 g/mol. The van der Waals surface area contributed by atoms with Crippen molar-refractivity contribution in [2.45, 2.75) is 70.8 Å². The van der Waals surface area contributed by atoms with Crippen LogP contribution in [-0.4, -0.2) is 26.3 Å². The number of hydrogen-bond donors (Lipinski definition) is 0. The minimum atomic E-state index is -0.734. The molecule has 0 N–H and O–H groups in total. The van der Waals surface area contributed by atoms with Gasteiger partial charge in [-0.25, -0.2) is 4.79 Å². The first-order chi connectivity index (χ1) is 12.2. The predicted octanol–water partition coefficient (Wildman–Crippen LogP) is 3.57. The lowest BCUT2D eigenvalue weighted by atomic mass is 9.49. The molecule has 0 radical (unpaired) electrons. The highest BCUT2D eigenvalue weighted by Crippen LogP contribution is 2.58. The molecule has 0 unspecified atom stereocenters. The van der Waals surface area contributed by atoms with E-state index in [-0.39, 0.29) is 34.9 Å². The van der Waals surface area contributed by atoms with Gasteiger partial charge in [0.05, 0.1) is 18.6 Å². The molecule has 1 aromatic rings. The van der Waals surface area contributed by atoms with Gasteiger partial charge in [0.2, 0.25) is 0 Å². The van der Waals surface area contributed by atoms with Crippen LogP contribution in [0.5, 0.6) is 0 Å². The van der Waals surface area contributed by atoms with Gasteiger partial charge in [-0.3, -0.25) is 4.79 Å². The summed E-state index contributed by atoms with van der Waals surface area (Å²) in [4.78, 5) is 25.1. The van der Waals surface area contributed by atoms with Gasteiger partial charge in [0, 0.05) is 19.1 Å². The fourth-order valence-corrected chi connectivity index (χ4v) is 5.65. The van der Waals surface area contributed by atoms with Crippen LogP contribution in [0.3, 0.4) is 0 Å². The Bertz CT molecular complexity index is 764. The Morgan fingerprint density at radius 3 is 2.54 bits per heavy atom. The van der Waals surface area contributed by atoms with Crippen LogP contribution in [0.2, 0.25) is 0 Å². The summed E-state index contributed by atoms with van der Waals surface area (Å²) in [5, 5.41) is 0. The molecule has 5 nitrogen and oxygen atoms in total. The summed E-state index contributed by atoms with van der Waals surface area (Å²) in [6, 6.07) is 1.65. The van der Waals surface area contributed by atoms with E-state index in [1.807, 2.05) is 20.8 Å². The Hall–Kier alpha value is -1.62. The van der Waals surface area contributed by atoms with E-state index >= 15 is 0 Å². The number of ether oxygens (including phenoxy) is 2. The molecular weight excluding hydrogens is 332 g/mol. The molecule has 1 fully saturated rings. The summed E-state index contributed by atoms with van der Waals surface area (Å²) in [6.07, 6.45) is 3.10. The lowest BCUT2D eigenvalue weighted by Gasteiger charge is -2.56. The van der Waals surface area contributed by atoms with Gasteiger partial charge in [-0.15, -0.1) is 0 Å². The Balaban J connectivity index is 2.20. The van der Waals surface area contributed by atoms with Gasteiger partial charge in [0.15, 0.2) is 0 Å². The summed E-state index contributed by atoms with van der Waals surface area (Å²) in [7, 11) is 3.10. The molecule has 0 spiro atoms. The molecule has 5 heteroatoms. The molecular formula is C21H30O5. The Labute approximate surface area is 155 Å². The molecule has 1 saturated carbocycles. The normalized spacial score (nSPS) is 33.5. The number of fused-ring (bicyclic) bond motifs is 3. The average Bonchev–Trinajstić information content (AvgIpc) is 2.60. The number of rotatable bonds is 3. The molecule has 1 heterocycles. The number of methoxy groups -OCH3 is 2. The third-order valence-corrected chi connectivity index (χ3v) is 6.92. The highest BCUT2D eigenvalue weighted by atomic mass is 16.5. The highest BCUT2D eigenvalue weighted by molar-refractivity contribution is 5.78. The van der Waals surface area contributed by atoms with Gasteiger partial charge in [-0.1, -0.05) is 20.8 Å². The predicted molar refractivity (Wildman–Crippen MR) is 98.4 cm³/mol. The number of esters is 1. The van der Waals surface area contributed by atoms with Crippen LogP contribution in [0, 0.1) is 11.3 Å². The Kier molecular flexibility index (Phi) is 4.80. The maximum atomic E-state index is 12.8. The zero-order chi connectivity index (χ0) is 19.3. The van der Waals surface area contributed by atoms with Crippen LogP contribution in [0.25, 0.3) is 0 Å². The fraction of sp³-hybridized carbons (Fsp3) is 0.714. The van der Waals surface area contributed by atoms with Crippen LogP contribution in [0.15, 0.2) is 15.3 Å². The molecule has 26 heavy (non-hydrogen) atoms. The molecule has 0 amide bonds. The van der Waals surface area contributed by atoms with Crippen molar-refractivity contribution < 1.29 is 18.7 Å². The van der Waals surface area contributed by atoms with Crippen molar-refractivity contribution in [2.75, 3.05) is 14.2 Å². The monoisotopic (exact) mass is 362 g/mol. The van der Waals surface area contributed by atoms with Crippen molar-refractivity contribution in [3.05, 3.63) is 33.4 Å². The molecule has 4 atom stereocenters. The third kappa shape index (κ3) is 2.55. The van der Waals surface area contributed by atoms with E-state index in [9.17, 15) is 9.59 Å². The summed E-state index contributed by atoms with van der Waals surface area (Å²) < 4.78 is 16.5. The van der Waals surface area contributed by atoms with Crippen molar-refractivity contribution >= 4 is 5.97 Å². The standard InChI is InChI=1S/C21H30O5/c1-12(2)18-13-7-8-15-20(3,14(13)11-17(22)26-18)10-9-16(24-5)21(15,4)19(23)25-6/h11-12,15-16H,7-10H2,1-6H3/t15-,16+,20-,21-/m1/s1. The first-order valence-electron chi connectivity index (χ1n) is 9.48. The molecule has 2 aliphatic rings. The summed E-state index contributed by atoms with van der Waals surface area (Å²) in [5.74, 6) is 0.771. The molecule has 0 aromatic carbocycles. The van der Waals surface area contributed by atoms with E-state index in [2.05, 4.69) is 6.92 Å². The summed E-state index contributed by atoms with van der Waals surface area (Å²) >= 11 is 0. The topological polar surface area (TPSA) is 65.7 Å². The van der Waals surface area contributed by atoms with Gasteiger partial charge in [0.1, 0.15) is 5.76 Å². The quantitative estimate of drug-likeness (QED) is 0.769. The van der Waals surface area contributed by atoms with Crippen LogP contribution in [0.4, 0.5) is 0 Å². The van der Waals surface area contributed by atoms with Crippen molar-refractivity contribution in [1.29, 1.82) is 0 Å². The number of carbonyl (C=O) groups excluding carboxylic acids is 1. The summed E-state index contributed by atoms with van der Waals surface area (Å²) in [5.41, 5.74) is 0.899.